The van der Waals surface area contributed by atoms with Gasteiger partial charge in [0.1, 0.15) is 0 Å². The van der Waals surface area contributed by atoms with Gasteiger partial charge in [0.15, 0.2) is 0 Å². The first-order valence-corrected chi connectivity index (χ1v) is 4.30. The molecule has 7 heteroatoms. The van der Waals surface area contributed by atoms with Crippen molar-refractivity contribution in [3.8, 4) is 0 Å². The minimum Gasteiger partial charge on any atom is -0.543 e. The van der Waals surface area contributed by atoms with Crippen LogP contribution in [0.25, 0.3) is 0 Å². The van der Waals surface area contributed by atoms with Gasteiger partial charge >= 0.3 is 17.1 Å². The summed E-state index contributed by atoms with van der Waals surface area (Å²) in [4.78, 5) is 24.8. The van der Waals surface area contributed by atoms with E-state index in [1.165, 1.54) is 24.5 Å². The third-order valence-corrected chi connectivity index (χ3v) is 1.64. The first-order valence-electron chi connectivity index (χ1n) is 4.30. The molecule has 2 rings (SSSR count). The second kappa shape index (κ2) is 7.32. The molecular weight excluding hydrogens is 276 g/mol. The summed E-state index contributed by atoms with van der Waals surface area (Å²) in [6, 6.07) is 6.08. The molecule has 1 radical (unpaired) electrons. The van der Waals surface area contributed by atoms with Crippen molar-refractivity contribution in [3.05, 3.63) is 48.0 Å². The van der Waals surface area contributed by atoms with Crippen molar-refractivity contribution in [2.24, 2.45) is 0 Å². The van der Waals surface area contributed by atoms with Crippen LogP contribution in [0.3, 0.4) is 0 Å². The van der Waals surface area contributed by atoms with Crippen LogP contribution in [0, 0.1) is 0 Å². The summed E-state index contributed by atoms with van der Waals surface area (Å²) in [7, 11) is 0. The molecule has 2 aromatic rings. The molecule has 93 valence electrons. The Morgan fingerprint density at radius 1 is 0.882 bits per heavy atom. The summed E-state index contributed by atoms with van der Waals surface area (Å²) < 4.78 is 0. The number of carboxylic acids is 2. The number of carboxylic acid groups (broad SMARTS) is 2. The molecule has 0 aromatic carbocycles. The molecule has 0 aliphatic heterocycles. The number of aromatic amines is 2. The van der Waals surface area contributed by atoms with Crippen LogP contribution in [0.15, 0.2) is 36.7 Å². The third kappa shape index (κ3) is 5.05. The first kappa shape index (κ1) is 15.0. The number of nitrogens with one attached hydrogen (secondary N) is 2. The zero-order valence-electron chi connectivity index (χ0n) is 8.40. The number of H-pyrrole nitrogens is 2. The zero-order chi connectivity index (χ0) is 12.0. The van der Waals surface area contributed by atoms with E-state index in [4.69, 9.17) is 0 Å². The molecule has 0 bridgehead atoms. The summed E-state index contributed by atoms with van der Waals surface area (Å²) in [5, 5.41) is 19.8. The molecule has 0 aliphatic rings. The topological polar surface area (TPSA) is 112 Å². The fourth-order valence-corrected chi connectivity index (χ4v) is 0.915. The van der Waals surface area contributed by atoms with Crippen LogP contribution < -0.4 is 10.2 Å². The number of aromatic nitrogens is 2. The molecule has 0 atom stereocenters. The van der Waals surface area contributed by atoms with Crippen molar-refractivity contribution >= 4 is 11.9 Å². The molecule has 2 aromatic heterocycles. The second-order valence-corrected chi connectivity index (χ2v) is 2.74. The van der Waals surface area contributed by atoms with Crippen molar-refractivity contribution in [2.75, 3.05) is 0 Å². The molecule has 6 nitrogen and oxygen atoms in total. The average Bonchev–Trinajstić information content (AvgIpc) is 2.93. The number of carbonyl (C=O) groups excluding carboxylic acids is 2. The maximum atomic E-state index is 9.92. The number of hydrogen-bond acceptors (Lipinski definition) is 4. The van der Waals surface area contributed by atoms with E-state index in [0.29, 0.717) is 0 Å². The van der Waals surface area contributed by atoms with Gasteiger partial charge in [-0.15, -0.1) is 0 Å². The molecule has 0 saturated heterocycles. The normalized spacial score (nSPS) is 8.47. The maximum Gasteiger partial charge on any atom is 2.00 e. The van der Waals surface area contributed by atoms with Gasteiger partial charge in [0.2, 0.25) is 0 Å². The molecule has 17 heavy (non-hydrogen) atoms. The van der Waals surface area contributed by atoms with Gasteiger partial charge in [0.05, 0.1) is 23.3 Å². The minimum atomic E-state index is -1.17. The average molecular weight is 284 g/mol. The number of aromatic carboxylic acids is 2. The molecule has 2 heterocycles. The van der Waals surface area contributed by atoms with Gasteiger partial charge in [0, 0.05) is 12.4 Å². The van der Waals surface area contributed by atoms with Crippen LogP contribution >= 0.6 is 0 Å². The summed E-state index contributed by atoms with van der Waals surface area (Å²) in [5.74, 6) is -2.34. The van der Waals surface area contributed by atoms with Crippen molar-refractivity contribution in [1.82, 2.24) is 9.97 Å². The Morgan fingerprint density at radius 3 is 1.35 bits per heavy atom. The predicted octanol–water partition coefficient (Wildman–Crippen LogP) is -1.25. The SMILES string of the molecule is O=C([O-])c1ccc[nH]1.O=C([O-])c1ccc[nH]1.[Cu+2]. The van der Waals surface area contributed by atoms with Crippen LogP contribution in [-0.2, 0) is 17.1 Å². The van der Waals surface area contributed by atoms with E-state index in [-0.39, 0.29) is 28.5 Å². The van der Waals surface area contributed by atoms with E-state index in [1.54, 1.807) is 12.1 Å². The molecule has 0 spiro atoms. The van der Waals surface area contributed by atoms with Crippen molar-refractivity contribution in [1.29, 1.82) is 0 Å². The van der Waals surface area contributed by atoms with E-state index < -0.39 is 11.9 Å². The van der Waals surface area contributed by atoms with E-state index in [1.807, 2.05) is 0 Å². The quantitative estimate of drug-likeness (QED) is 0.671. The van der Waals surface area contributed by atoms with Crippen molar-refractivity contribution in [2.45, 2.75) is 0 Å². The standard InChI is InChI=1S/2C5H5NO2.Cu/c2*7-5(8)4-2-1-3-6-4;/h2*1-3,6H,(H,7,8);/q;;+2/p-2. The summed E-state index contributed by atoms with van der Waals surface area (Å²) in [6.45, 7) is 0. The van der Waals surface area contributed by atoms with Crippen LogP contribution in [0.2, 0.25) is 0 Å². The number of carbonyl (C=O) groups is 2. The van der Waals surface area contributed by atoms with E-state index in [9.17, 15) is 19.8 Å². The molecule has 0 saturated carbocycles. The van der Waals surface area contributed by atoms with Gasteiger partial charge in [0.25, 0.3) is 0 Å². The smallest absolute Gasteiger partial charge is 0.543 e. The Balaban J connectivity index is 0.000000284. The maximum absolute atomic E-state index is 9.92. The molecule has 0 amide bonds. The molecule has 2 N–H and O–H groups in total. The number of hydrogen-bond donors (Lipinski definition) is 2. The van der Waals surface area contributed by atoms with Gasteiger partial charge in [-0.3, -0.25) is 0 Å². The summed E-state index contributed by atoms with van der Waals surface area (Å²) in [6.07, 6.45) is 3.07. The second-order valence-electron chi connectivity index (χ2n) is 2.74. The first-order chi connectivity index (χ1) is 7.61. The molecule has 0 unspecified atom stereocenters. The fraction of sp³-hybridized carbons (Fsp3) is 0. The Kier molecular flexibility index (Phi) is 6.47. The molecule has 0 fully saturated rings. The van der Waals surface area contributed by atoms with E-state index in [2.05, 4.69) is 9.97 Å². The Labute approximate surface area is 107 Å². The van der Waals surface area contributed by atoms with Crippen LogP contribution in [0.4, 0.5) is 0 Å². The van der Waals surface area contributed by atoms with Crippen molar-refractivity contribution < 1.29 is 36.9 Å². The van der Waals surface area contributed by atoms with Gasteiger partial charge in [-0.05, 0) is 24.3 Å². The van der Waals surface area contributed by atoms with Gasteiger partial charge in [-0.25, -0.2) is 0 Å². The van der Waals surface area contributed by atoms with Crippen molar-refractivity contribution in [3.63, 3.8) is 0 Å². The molecule has 0 aliphatic carbocycles. The Hall–Kier alpha value is -1.98. The van der Waals surface area contributed by atoms with Gasteiger partial charge in [-0.2, -0.15) is 0 Å². The fourth-order valence-electron chi connectivity index (χ4n) is 0.915. The third-order valence-electron chi connectivity index (χ3n) is 1.64. The Bertz CT molecular complexity index is 406. The minimum absolute atomic E-state index is 0. The summed E-state index contributed by atoms with van der Waals surface area (Å²) >= 11 is 0. The van der Waals surface area contributed by atoms with Gasteiger partial charge in [-0.1, -0.05) is 0 Å². The monoisotopic (exact) mass is 283 g/mol. The largest absolute Gasteiger partial charge is 2.00 e. The zero-order valence-corrected chi connectivity index (χ0v) is 9.34. The van der Waals surface area contributed by atoms with Crippen LogP contribution in [0.5, 0.6) is 0 Å². The predicted molar refractivity (Wildman–Crippen MR) is 50.2 cm³/mol. The summed E-state index contributed by atoms with van der Waals surface area (Å²) in [5.41, 5.74) is 0.231. The van der Waals surface area contributed by atoms with E-state index in [0.717, 1.165) is 0 Å². The molecular formula is C10H8CuN2O4. The van der Waals surface area contributed by atoms with Crippen LogP contribution in [0.1, 0.15) is 21.0 Å². The van der Waals surface area contributed by atoms with E-state index >= 15 is 0 Å². The van der Waals surface area contributed by atoms with Crippen LogP contribution in [-0.4, -0.2) is 21.9 Å². The number of rotatable bonds is 2. The Morgan fingerprint density at radius 2 is 1.24 bits per heavy atom. The van der Waals surface area contributed by atoms with Gasteiger partial charge < -0.3 is 29.8 Å².